The lowest BCUT2D eigenvalue weighted by molar-refractivity contribution is 0.124. The predicted molar refractivity (Wildman–Crippen MR) is 59.9 cm³/mol. The fourth-order valence-electron chi connectivity index (χ4n) is 1.51. The van der Waals surface area contributed by atoms with Gasteiger partial charge in [0, 0.05) is 26.7 Å². The Kier molecular flexibility index (Phi) is 5.99. The van der Waals surface area contributed by atoms with E-state index in [1.54, 1.807) is 13.4 Å². The molecule has 0 saturated heterocycles. The molecule has 0 aliphatic rings. The number of rotatable bonds is 8. The maximum atomic E-state index is 8.97. The summed E-state index contributed by atoms with van der Waals surface area (Å²) in [6, 6.07) is 0. The third-order valence-corrected chi connectivity index (χ3v) is 2.39. The maximum Gasteiger partial charge on any atom is 0.140 e. The summed E-state index contributed by atoms with van der Waals surface area (Å²) in [6.07, 6.45) is 1.56. The van der Waals surface area contributed by atoms with E-state index in [1.807, 2.05) is 11.6 Å². The van der Waals surface area contributed by atoms with E-state index in [0.29, 0.717) is 19.7 Å². The summed E-state index contributed by atoms with van der Waals surface area (Å²) in [5.41, 5.74) is 0. The third kappa shape index (κ3) is 3.88. The molecule has 0 atom stereocenters. The molecule has 0 spiro atoms. The Morgan fingerprint density at radius 3 is 2.94 bits per heavy atom. The Bertz CT molecular complexity index is 290. The van der Waals surface area contributed by atoms with Gasteiger partial charge in [0.25, 0.3) is 0 Å². The monoisotopic (exact) mass is 228 g/mol. The summed E-state index contributed by atoms with van der Waals surface area (Å²) in [4.78, 5) is 6.30. The standard InChI is InChI=1S/C10H20N4O2/c1-3-14-10(11-9-12-14)8-13(4-6-15)5-7-16-2/h9,15H,3-8H2,1-2H3. The number of methoxy groups -OCH3 is 1. The largest absolute Gasteiger partial charge is 0.395 e. The fraction of sp³-hybridized carbons (Fsp3) is 0.800. The van der Waals surface area contributed by atoms with Crippen LogP contribution >= 0.6 is 0 Å². The normalized spacial score (nSPS) is 11.2. The molecule has 0 fully saturated rings. The van der Waals surface area contributed by atoms with Gasteiger partial charge in [-0.05, 0) is 6.92 Å². The number of hydrogen-bond donors (Lipinski definition) is 1. The highest BCUT2D eigenvalue weighted by molar-refractivity contribution is 4.84. The lowest BCUT2D eigenvalue weighted by atomic mass is 10.4. The predicted octanol–water partition coefficient (Wildman–Crippen LogP) is -0.261. The zero-order valence-corrected chi connectivity index (χ0v) is 9.96. The SMILES string of the molecule is CCn1ncnc1CN(CCO)CCOC. The van der Waals surface area contributed by atoms with Gasteiger partial charge < -0.3 is 9.84 Å². The van der Waals surface area contributed by atoms with E-state index in [4.69, 9.17) is 9.84 Å². The van der Waals surface area contributed by atoms with Crippen molar-refractivity contribution >= 4 is 0 Å². The van der Waals surface area contributed by atoms with Crippen molar-refractivity contribution in [2.45, 2.75) is 20.0 Å². The molecule has 16 heavy (non-hydrogen) atoms. The molecule has 0 radical (unpaired) electrons. The Balaban J connectivity index is 2.52. The smallest absolute Gasteiger partial charge is 0.140 e. The maximum absolute atomic E-state index is 8.97. The molecule has 1 aromatic heterocycles. The van der Waals surface area contributed by atoms with E-state index < -0.39 is 0 Å². The van der Waals surface area contributed by atoms with Crippen LogP contribution in [0.15, 0.2) is 6.33 Å². The average molecular weight is 228 g/mol. The Labute approximate surface area is 95.8 Å². The van der Waals surface area contributed by atoms with E-state index in [1.165, 1.54) is 0 Å². The first-order valence-electron chi connectivity index (χ1n) is 5.50. The van der Waals surface area contributed by atoms with Gasteiger partial charge in [0.1, 0.15) is 12.2 Å². The quantitative estimate of drug-likeness (QED) is 0.664. The number of ether oxygens (including phenoxy) is 1. The molecule has 0 aliphatic heterocycles. The van der Waals surface area contributed by atoms with E-state index in [-0.39, 0.29) is 6.61 Å². The average Bonchev–Trinajstić information content (AvgIpc) is 2.73. The molecule has 0 amide bonds. The van der Waals surface area contributed by atoms with Crippen molar-refractivity contribution < 1.29 is 9.84 Å². The first-order valence-corrected chi connectivity index (χ1v) is 5.50. The van der Waals surface area contributed by atoms with Crippen LogP contribution in [0.25, 0.3) is 0 Å². The zero-order valence-electron chi connectivity index (χ0n) is 9.96. The molecule has 0 saturated carbocycles. The summed E-state index contributed by atoms with van der Waals surface area (Å²) in [5.74, 6) is 0.923. The van der Waals surface area contributed by atoms with Crippen molar-refractivity contribution in [3.8, 4) is 0 Å². The van der Waals surface area contributed by atoms with Gasteiger partial charge in [-0.3, -0.25) is 4.90 Å². The van der Waals surface area contributed by atoms with Crippen LogP contribution in [0.5, 0.6) is 0 Å². The van der Waals surface area contributed by atoms with Gasteiger partial charge in [0.2, 0.25) is 0 Å². The van der Waals surface area contributed by atoms with Crippen molar-refractivity contribution in [2.75, 3.05) is 33.4 Å². The van der Waals surface area contributed by atoms with Gasteiger partial charge in [0.15, 0.2) is 0 Å². The number of nitrogens with zero attached hydrogens (tertiary/aromatic N) is 4. The van der Waals surface area contributed by atoms with Crippen molar-refractivity contribution in [1.82, 2.24) is 19.7 Å². The number of hydrogen-bond acceptors (Lipinski definition) is 5. The van der Waals surface area contributed by atoms with Crippen LogP contribution in [-0.2, 0) is 17.8 Å². The molecule has 1 heterocycles. The summed E-state index contributed by atoms with van der Waals surface area (Å²) >= 11 is 0. The lowest BCUT2D eigenvalue weighted by Gasteiger charge is -2.20. The molecule has 0 aliphatic carbocycles. The summed E-state index contributed by atoms with van der Waals surface area (Å²) < 4.78 is 6.89. The van der Waals surface area contributed by atoms with Crippen LogP contribution < -0.4 is 0 Å². The van der Waals surface area contributed by atoms with E-state index >= 15 is 0 Å². The van der Waals surface area contributed by atoms with Gasteiger partial charge in [-0.15, -0.1) is 0 Å². The summed E-state index contributed by atoms with van der Waals surface area (Å²) in [6.45, 7) is 5.74. The van der Waals surface area contributed by atoms with Gasteiger partial charge >= 0.3 is 0 Å². The molecule has 6 nitrogen and oxygen atoms in total. The lowest BCUT2D eigenvalue weighted by Crippen LogP contribution is -2.31. The summed E-state index contributed by atoms with van der Waals surface area (Å²) in [7, 11) is 1.67. The van der Waals surface area contributed by atoms with Crippen LogP contribution in [0.3, 0.4) is 0 Å². The van der Waals surface area contributed by atoms with Crippen LogP contribution in [0.1, 0.15) is 12.7 Å². The van der Waals surface area contributed by atoms with E-state index in [9.17, 15) is 0 Å². The second-order valence-electron chi connectivity index (χ2n) is 3.48. The minimum absolute atomic E-state index is 0.143. The minimum Gasteiger partial charge on any atom is -0.395 e. The van der Waals surface area contributed by atoms with E-state index in [0.717, 1.165) is 18.9 Å². The highest BCUT2D eigenvalue weighted by atomic mass is 16.5. The molecule has 1 N–H and O–H groups in total. The number of aliphatic hydroxyl groups excluding tert-OH is 1. The molecular weight excluding hydrogens is 208 g/mol. The molecule has 0 aromatic carbocycles. The number of aryl methyl sites for hydroxylation is 1. The Morgan fingerprint density at radius 1 is 1.50 bits per heavy atom. The van der Waals surface area contributed by atoms with Gasteiger partial charge in [-0.2, -0.15) is 5.10 Å². The molecule has 1 rings (SSSR count). The third-order valence-electron chi connectivity index (χ3n) is 2.39. The van der Waals surface area contributed by atoms with Crippen LogP contribution in [0.4, 0.5) is 0 Å². The molecule has 0 unspecified atom stereocenters. The van der Waals surface area contributed by atoms with Crippen molar-refractivity contribution in [1.29, 1.82) is 0 Å². The number of aromatic nitrogens is 3. The molecule has 1 aromatic rings. The fourth-order valence-corrected chi connectivity index (χ4v) is 1.51. The minimum atomic E-state index is 0.143. The summed E-state index contributed by atoms with van der Waals surface area (Å²) in [5, 5.41) is 13.1. The first kappa shape index (κ1) is 13.1. The Hall–Kier alpha value is -0.980. The number of aliphatic hydroxyl groups is 1. The van der Waals surface area contributed by atoms with Crippen LogP contribution in [-0.4, -0.2) is 58.2 Å². The molecule has 6 heteroatoms. The topological polar surface area (TPSA) is 63.4 Å². The first-order chi connectivity index (χ1) is 7.81. The molecule has 92 valence electrons. The second kappa shape index (κ2) is 7.32. The highest BCUT2D eigenvalue weighted by Gasteiger charge is 2.09. The van der Waals surface area contributed by atoms with Crippen molar-refractivity contribution in [2.24, 2.45) is 0 Å². The van der Waals surface area contributed by atoms with Gasteiger partial charge in [-0.25, -0.2) is 9.67 Å². The van der Waals surface area contributed by atoms with Crippen molar-refractivity contribution in [3.63, 3.8) is 0 Å². The van der Waals surface area contributed by atoms with Gasteiger partial charge in [0.05, 0.1) is 19.8 Å². The Morgan fingerprint density at radius 2 is 2.31 bits per heavy atom. The van der Waals surface area contributed by atoms with Crippen LogP contribution in [0, 0.1) is 0 Å². The highest BCUT2D eigenvalue weighted by Crippen LogP contribution is 2.00. The zero-order chi connectivity index (χ0) is 11.8. The second-order valence-corrected chi connectivity index (χ2v) is 3.48. The van der Waals surface area contributed by atoms with Crippen molar-refractivity contribution in [3.05, 3.63) is 12.2 Å². The molecular formula is C10H20N4O2. The van der Waals surface area contributed by atoms with E-state index in [2.05, 4.69) is 15.0 Å². The van der Waals surface area contributed by atoms with Gasteiger partial charge in [-0.1, -0.05) is 0 Å². The molecule has 0 bridgehead atoms. The van der Waals surface area contributed by atoms with Crippen LogP contribution in [0.2, 0.25) is 0 Å².